The van der Waals surface area contributed by atoms with Crippen LogP contribution in [0.4, 0.5) is 0 Å². The first-order valence-corrected chi connectivity index (χ1v) is 13.4. The predicted octanol–water partition coefficient (Wildman–Crippen LogP) is 5.86. The van der Waals surface area contributed by atoms with Gasteiger partial charge in [0.25, 0.3) is 0 Å². The molecule has 0 radical (unpaired) electrons. The van der Waals surface area contributed by atoms with Crippen molar-refractivity contribution in [3.8, 4) is 0 Å². The highest BCUT2D eigenvalue weighted by Gasteiger charge is 2.51. The molecule has 5 unspecified atom stereocenters. The number of ether oxygens (including phenoxy) is 1. The van der Waals surface area contributed by atoms with Crippen molar-refractivity contribution in [2.45, 2.75) is 122 Å². The summed E-state index contributed by atoms with van der Waals surface area (Å²) in [6.07, 6.45) is 13.8. The molecular formula is C29H48O4. The number of fused-ring (bicyclic) bond motifs is 1. The molecule has 3 aliphatic rings. The van der Waals surface area contributed by atoms with E-state index < -0.39 is 17.8 Å². The van der Waals surface area contributed by atoms with Gasteiger partial charge in [-0.1, -0.05) is 45.1 Å². The molecule has 0 saturated heterocycles. The molecule has 0 aliphatic heterocycles. The molecule has 3 rings (SSSR count). The lowest BCUT2D eigenvalue weighted by Crippen LogP contribution is -2.39. The van der Waals surface area contributed by atoms with Gasteiger partial charge in [0.05, 0.1) is 23.9 Å². The third-order valence-corrected chi connectivity index (χ3v) is 9.35. The maximum absolute atomic E-state index is 10.5. The van der Waals surface area contributed by atoms with Crippen LogP contribution in [0.2, 0.25) is 0 Å². The molecule has 0 aromatic heterocycles. The molecule has 6 atom stereocenters. The number of aliphatic hydroxyl groups is 3. The van der Waals surface area contributed by atoms with E-state index in [1.165, 1.54) is 31.3 Å². The summed E-state index contributed by atoms with van der Waals surface area (Å²) in [6.45, 7) is 13.6. The topological polar surface area (TPSA) is 69.9 Å². The summed E-state index contributed by atoms with van der Waals surface area (Å²) in [5.41, 5.74) is 3.00. The molecule has 3 saturated carbocycles. The summed E-state index contributed by atoms with van der Waals surface area (Å²) in [5.74, 6) is 1.14. The molecule has 4 nitrogen and oxygen atoms in total. The zero-order valence-electron chi connectivity index (χ0n) is 21.5. The van der Waals surface area contributed by atoms with E-state index in [9.17, 15) is 15.3 Å². The van der Waals surface area contributed by atoms with Crippen molar-refractivity contribution in [3.63, 3.8) is 0 Å². The van der Waals surface area contributed by atoms with Crippen LogP contribution in [-0.4, -0.2) is 45.8 Å². The average Bonchev–Trinajstić information content (AvgIpc) is 3.15. The third kappa shape index (κ3) is 6.01. The molecule has 3 aliphatic carbocycles. The lowest BCUT2D eigenvalue weighted by Gasteiger charge is -2.44. The summed E-state index contributed by atoms with van der Waals surface area (Å²) in [5, 5.41) is 30.7. The standard InChI is InChI=1S/C29H48O4/c1-6-29(32,7-2)16-9-17-33-21(4)25-13-14-26-22(10-8-15-28(25,26)5)11-12-23-18-24(30)19-27(31)20(23)3/h11-12,21,24-27,30-32H,3,6-10,13-19H2,1-2,4-5H3/t21?,24?,25?,26?,27?,28-/m1/s1. The van der Waals surface area contributed by atoms with Crippen molar-refractivity contribution in [1.29, 1.82) is 0 Å². The second-order valence-corrected chi connectivity index (χ2v) is 11.3. The van der Waals surface area contributed by atoms with Crippen molar-refractivity contribution in [2.75, 3.05) is 6.61 Å². The highest BCUT2D eigenvalue weighted by molar-refractivity contribution is 5.38. The Morgan fingerprint density at radius 2 is 1.94 bits per heavy atom. The van der Waals surface area contributed by atoms with Gasteiger partial charge in [-0.25, -0.2) is 0 Å². The summed E-state index contributed by atoms with van der Waals surface area (Å²) in [4.78, 5) is 0. The van der Waals surface area contributed by atoms with Gasteiger partial charge in [-0.15, -0.1) is 0 Å². The third-order valence-electron chi connectivity index (χ3n) is 9.35. The number of aliphatic hydroxyl groups excluding tert-OH is 2. The van der Waals surface area contributed by atoms with Crippen LogP contribution in [0.25, 0.3) is 0 Å². The summed E-state index contributed by atoms with van der Waals surface area (Å²) < 4.78 is 6.34. The Labute approximate surface area is 201 Å². The summed E-state index contributed by atoms with van der Waals surface area (Å²) in [6, 6.07) is 0. The molecule has 0 amide bonds. The molecule has 0 aromatic rings. The van der Waals surface area contributed by atoms with E-state index in [4.69, 9.17) is 4.74 Å². The van der Waals surface area contributed by atoms with E-state index in [0.29, 0.717) is 24.7 Å². The average molecular weight is 461 g/mol. The number of rotatable bonds is 9. The molecule has 188 valence electrons. The first-order valence-electron chi connectivity index (χ1n) is 13.4. The zero-order valence-corrected chi connectivity index (χ0v) is 21.5. The van der Waals surface area contributed by atoms with Gasteiger partial charge >= 0.3 is 0 Å². The van der Waals surface area contributed by atoms with Gasteiger partial charge in [0.15, 0.2) is 0 Å². The Morgan fingerprint density at radius 3 is 2.64 bits per heavy atom. The van der Waals surface area contributed by atoms with E-state index in [1.807, 2.05) is 0 Å². The molecular weight excluding hydrogens is 412 g/mol. The van der Waals surface area contributed by atoms with Crippen molar-refractivity contribution in [2.24, 2.45) is 17.3 Å². The normalized spacial score (nSPS) is 36.4. The Hall–Kier alpha value is -0.940. The molecule has 3 fully saturated rings. The first-order chi connectivity index (χ1) is 15.6. The Balaban J connectivity index is 1.62. The highest BCUT2D eigenvalue weighted by atomic mass is 16.5. The number of hydrogen-bond acceptors (Lipinski definition) is 4. The van der Waals surface area contributed by atoms with Gasteiger partial charge in [-0.2, -0.15) is 0 Å². The fourth-order valence-corrected chi connectivity index (χ4v) is 6.91. The van der Waals surface area contributed by atoms with Gasteiger partial charge < -0.3 is 20.1 Å². The van der Waals surface area contributed by atoms with E-state index in [2.05, 4.69) is 46.4 Å². The van der Waals surface area contributed by atoms with E-state index in [1.54, 1.807) is 0 Å². The SMILES string of the molecule is C=C1C(=CC=C2CCC[C@@]3(C)C2CCC3C(C)OCCCC(O)(CC)CC)CC(O)CC1O. The van der Waals surface area contributed by atoms with Crippen LogP contribution in [0.5, 0.6) is 0 Å². The Morgan fingerprint density at radius 1 is 1.21 bits per heavy atom. The van der Waals surface area contributed by atoms with E-state index in [0.717, 1.165) is 49.9 Å². The molecule has 0 aromatic carbocycles. The van der Waals surface area contributed by atoms with Crippen LogP contribution >= 0.6 is 0 Å². The smallest absolute Gasteiger partial charge is 0.0811 e. The van der Waals surface area contributed by atoms with E-state index in [-0.39, 0.29) is 11.5 Å². The van der Waals surface area contributed by atoms with Crippen molar-refractivity contribution in [3.05, 3.63) is 35.5 Å². The van der Waals surface area contributed by atoms with Gasteiger partial charge in [0, 0.05) is 13.0 Å². The van der Waals surface area contributed by atoms with Crippen LogP contribution in [0.15, 0.2) is 35.5 Å². The van der Waals surface area contributed by atoms with Gasteiger partial charge in [-0.3, -0.25) is 0 Å². The fourth-order valence-electron chi connectivity index (χ4n) is 6.91. The number of allylic oxidation sites excluding steroid dienone is 3. The molecule has 4 heteroatoms. The van der Waals surface area contributed by atoms with Gasteiger partial charge in [-0.05, 0) is 99.5 Å². The highest BCUT2D eigenvalue weighted by Crippen LogP contribution is 2.58. The molecule has 0 heterocycles. The fraction of sp³-hybridized carbons (Fsp3) is 0.793. The minimum atomic E-state index is -0.630. The molecule has 0 bridgehead atoms. The summed E-state index contributed by atoms with van der Waals surface area (Å²) in [7, 11) is 0. The van der Waals surface area contributed by atoms with E-state index >= 15 is 0 Å². The monoisotopic (exact) mass is 460 g/mol. The minimum absolute atomic E-state index is 0.234. The minimum Gasteiger partial charge on any atom is -0.393 e. The Bertz CT molecular complexity index is 734. The quantitative estimate of drug-likeness (QED) is 0.377. The lowest BCUT2D eigenvalue weighted by atomic mass is 9.62. The van der Waals surface area contributed by atoms with Crippen molar-refractivity contribution < 1.29 is 20.1 Å². The van der Waals surface area contributed by atoms with Crippen LogP contribution < -0.4 is 0 Å². The first kappa shape index (κ1) is 26.7. The van der Waals surface area contributed by atoms with Gasteiger partial charge in [0.2, 0.25) is 0 Å². The Kier molecular flexibility index (Phi) is 9.05. The van der Waals surface area contributed by atoms with Crippen LogP contribution in [0, 0.1) is 17.3 Å². The van der Waals surface area contributed by atoms with Crippen LogP contribution in [0.1, 0.15) is 98.3 Å². The summed E-state index contributed by atoms with van der Waals surface area (Å²) >= 11 is 0. The van der Waals surface area contributed by atoms with Crippen LogP contribution in [0.3, 0.4) is 0 Å². The predicted molar refractivity (Wildman–Crippen MR) is 135 cm³/mol. The molecule has 33 heavy (non-hydrogen) atoms. The molecule has 0 spiro atoms. The van der Waals surface area contributed by atoms with Crippen molar-refractivity contribution >= 4 is 0 Å². The maximum Gasteiger partial charge on any atom is 0.0811 e. The molecule has 3 N–H and O–H groups in total. The second-order valence-electron chi connectivity index (χ2n) is 11.3. The second kappa shape index (κ2) is 11.2. The lowest BCUT2D eigenvalue weighted by molar-refractivity contribution is -0.0365. The maximum atomic E-state index is 10.5. The largest absolute Gasteiger partial charge is 0.393 e. The van der Waals surface area contributed by atoms with Gasteiger partial charge in [0.1, 0.15) is 0 Å². The van der Waals surface area contributed by atoms with Crippen LogP contribution in [-0.2, 0) is 4.74 Å². The zero-order chi connectivity index (χ0) is 24.2. The van der Waals surface area contributed by atoms with Crippen molar-refractivity contribution in [1.82, 2.24) is 0 Å². The number of hydrogen-bond donors (Lipinski definition) is 3.